The molecule has 0 heterocycles. The molecule has 9 heteroatoms. The molecule has 42 heavy (non-hydrogen) atoms. The Bertz CT molecular complexity index is 921. The predicted molar refractivity (Wildman–Crippen MR) is 161 cm³/mol. The Morgan fingerprint density at radius 2 is 1.02 bits per heavy atom. The Morgan fingerprint density at radius 1 is 0.619 bits per heavy atom. The van der Waals surface area contributed by atoms with Gasteiger partial charge in [-0.1, -0.05) is 30.3 Å². The van der Waals surface area contributed by atoms with E-state index in [0.717, 1.165) is 5.56 Å². The van der Waals surface area contributed by atoms with Crippen LogP contribution in [0.15, 0.2) is 30.3 Å². The van der Waals surface area contributed by atoms with Crippen LogP contribution in [-0.4, -0.2) is 52.8 Å². The highest BCUT2D eigenvalue weighted by Gasteiger charge is 2.35. The first-order valence-corrected chi connectivity index (χ1v) is 14.9. The molecule has 1 aromatic carbocycles. The fourth-order valence-electron chi connectivity index (χ4n) is 4.22. The van der Waals surface area contributed by atoms with Gasteiger partial charge in [0, 0.05) is 37.8 Å². The Morgan fingerprint density at radius 3 is 1.40 bits per heavy atom. The van der Waals surface area contributed by atoms with Crippen molar-refractivity contribution in [3.8, 4) is 0 Å². The second-order valence-electron chi connectivity index (χ2n) is 13.7. The molecule has 238 valence electrons. The van der Waals surface area contributed by atoms with Gasteiger partial charge in [0.1, 0.15) is 16.8 Å². The maximum absolute atomic E-state index is 13.2. The summed E-state index contributed by atoms with van der Waals surface area (Å²) in [6.07, 6.45) is 1.22. The first-order valence-electron chi connectivity index (χ1n) is 14.9. The number of esters is 3. The van der Waals surface area contributed by atoms with Crippen LogP contribution in [0.1, 0.15) is 119 Å². The van der Waals surface area contributed by atoms with Crippen molar-refractivity contribution in [3.63, 3.8) is 0 Å². The number of carbonyl (C=O) groups excluding carboxylic acids is 4. The first kappa shape index (κ1) is 37.1. The van der Waals surface area contributed by atoms with Crippen molar-refractivity contribution < 1.29 is 38.1 Å². The van der Waals surface area contributed by atoms with Crippen LogP contribution >= 0.6 is 0 Å². The third-order valence-corrected chi connectivity index (χ3v) is 5.89. The summed E-state index contributed by atoms with van der Waals surface area (Å²) in [4.78, 5) is 51.2. The quantitative estimate of drug-likeness (QED) is 0.137. The number of hydrogen-bond donors (Lipinski definition) is 1. The van der Waals surface area contributed by atoms with Crippen LogP contribution in [0.5, 0.6) is 0 Å². The lowest BCUT2D eigenvalue weighted by Gasteiger charge is -2.36. The van der Waals surface area contributed by atoms with Crippen LogP contribution in [0.3, 0.4) is 0 Å². The van der Waals surface area contributed by atoms with Gasteiger partial charge in [-0.05, 0) is 93.6 Å². The van der Waals surface area contributed by atoms with Gasteiger partial charge in [0.2, 0.25) is 5.91 Å². The summed E-state index contributed by atoms with van der Waals surface area (Å²) in [5.41, 5.74) is -2.00. The highest BCUT2D eigenvalue weighted by Crippen LogP contribution is 2.29. The zero-order chi connectivity index (χ0) is 32.0. The Labute approximate surface area is 252 Å². The molecule has 1 rings (SSSR count). The second-order valence-corrected chi connectivity index (χ2v) is 13.7. The monoisotopic (exact) mass is 591 g/mol. The molecule has 0 saturated carbocycles. The molecule has 0 atom stereocenters. The lowest BCUT2D eigenvalue weighted by Crippen LogP contribution is -2.50. The zero-order valence-electron chi connectivity index (χ0n) is 27.2. The van der Waals surface area contributed by atoms with Gasteiger partial charge < -0.3 is 24.3 Å². The van der Waals surface area contributed by atoms with E-state index >= 15 is 0 Å². The van der Waals surface area contributed by atoms with Gasteiger partial charge >= 0.3 is 17.9 Å². The van der Waals surface area contributed by atoms with Crippen LogP contribution in [-0.2, 0) is 44.7 Å². The van der Waals surface area contributed by atoms with Crippen molar-refractivity contribution in [3.05, 3.63) is 35.9 Å². The summed E-state index contributed by atoms with van der Waals surface area (Å²) in [7, 11) is 0. The Kier molecular flexibility index (Phi) is 14.7. The van der Waals surface area contributed by atoms with Crippen LogP contribution < -0.4 is 5.32 Å². The van der Waals surface area contributed by atoms with Crippen LogP contribution in [0.25, 0.3) is 0 Å². The van der Waals surface area contributed by atoms with Gasteiger partial charge in [-0.15, -0.1) is 0 Å². The van der Waals surface area contributed by atoms with Gasteiger partial charge in [0.15, 0.2) is 0 Å². The summed E-state index contributed by atoms with van der Waals surface area (Å²) < 4.78 is 22.2. The van der Waals surface area contributed by atoms with Crippen molar-refractivity contribution in [1.82, 2.24) is 5.32 Å². The second kappa shape index (κ2) is 16.6. The van der Waals surface area contributed by atoms with E-state index in [9.17, 15) is 19.2 Å². The lowest BCUT2D eigenvalue weighted by atomic mass is 9.83. The molecule has 0 aliphatic carbocycles. The van der Waals surface area contributed by atoms with Crippen molar-refractivity contribution in [2.75, 3.05) is 6.61 Å². The molecule has 0 aromatic heterocycles. The number of nitrogens with one attached hydrogen (secondary N) is 1. The standard InChI is InChI=1S/C33H53NO8/c1-30(2,3)40-27(36)17-20-33(21-18-28(37)41-31(4,5)6,22-19-29(38)42-32(7,8)9)34-26(35)16-13-23-39-24-25-14-11-10-12-15-25/h10-12,14-15H,13,16-24H2,1-9H3,(H,34,35). The smallest absolute Gasteiger partial charge is 0.306 e. The summed E-state index contributed by atoms with van der Waals surface area (Å²) in [6, 6.07) is 9.77. The number of ether oxygens (including phenoxy) is 4. The number of amides is 1. The van der Waals surface area contributed by atoms with E-state index in [1.54, 1.807) is 62.3 Å². The highest BCUT2D eigenvalue weighted by atomic mass is 16.6. The Hall–Kier alpha value is -2.94. The summed E-state index contributed by atoms with van der Waals surface area (Å²) in [6.45, 7) is 16.9. The van der Waals surface area contributed by atoms with E-state index < -0.39 is 40.2 Å². The van der Waals surface area contributed by atoms with Crippen molar-refractivity contribution in [2.45, 2.75) is 143 Å². The topological polar surface area (TPSA) is 117 Å². The van der Waals surface area contributed by atoms with E-state index in [0.29, 0.717) is 19.6 Å². The predicted octanol–water partition coefficient (Wildman–Crippen LogP) is 6.20. The average molecular weight is 592 g/mol. The van der Waals surface area contributed by atoms with E-state index in [-0.39, 0.29) is 50.9 Å². The zero-order valence-corrected chi connectivity index (χ0v) is 27.2. The minimum Gasteiger partial charge on any atom is -0.460 e. The summed E-state index contributed by atoms with van der Waals surface area (Å²) in [5.74, 6) is -1.53. The maximum atomic E-state index is 13.2. The van der Waals surface area contributed by atoms with E-state index in [1.807, 2.05) is 30.3 Å². The highest BCUT2D eigenvalue weighted by molar-refractivity contribution is 5.78. The van der Waals surface area contributed by atoms with E-state index in [2.05, 4.69) is 5.32 Å². The van der Waals surface area contributed by atoms with Gasteiger partial charge in [0.25, 0.3) is 0 Å². The molecular weight excluding hydrogens is 538 g/mol. The molecule has 0 bridgehead atoms. The molecular formula is C33H53NO8. The fourth-order valence-corrected chi connectivity index (χ4v) is 4.22. The van der Waals surface area contributed by atoms with Gasteiger partial charge in [-0.25, -0.2) is 0 Å². The van der Waals surface area contributed by atoms with Gasteiger partial charge in [0.05, 0.1) is 6.61 Å². The molecule has 0 radical (unpaired) electrons. The van der Waals surface area contributed by atoms with Crippen molar-refractivity contribution >= 4 is 23.8 Å². The largest absolute Gasteiger partial charge is 0.460 e. The summed E-state index contributed by atoms with van der Waals surface area (Å²) in [5, 5.41) is 3.08. The molecule has 0 saturated heterocycles. The SMILES string of the molecule is CC(C)(C)OC(=O)CCC(CCC(=O)OC(C)(C)C)(CCC(=O)OC(C)(C)C)NC(=O)CCCOCc1ccccc1. The number of rotatable bonds is 16. The van der Waals surface area contributed by atoms with Crippen LogP contribution in [0.2, 0.25) is 0 Å². The van der Waals surface area contributed by atoms with Gasteiger partial charge in [-0.2, -0.15) is 0 Å². The molecule has 1 aromatic rings. The number of benzene rings is 1. The van der Waals surface area contributed by atoms with Crippen molar-refractivity contribution in [2.24, 2.45) is 0 Å². The van der Waals surface area contributed by atoms with Gasteiger partial charge in [-0.3, -0.25) is 19.2 Å². The molecule has 0 fully saturated rings. The minimum absolute atomic E-state index is 0.000371. The third kappa shape index (κ3) is 18.5. The third-order valence-electron chi connectivity index (χ3n) is 5.89. The molecule has 0 spiro atoms. The molecule has 1 amide bonds. The molecule has 1 N–H and O–H groups in total. The average Bonchev–Trinajstić information content (AvgIpc) is 2.82. The normalized spacial score (nSPS) is 12.4. The molecule has 0 unspecified atom stereocenters. The number of hydrogen-bond acceptors (Lipinski definition) is 8. The first-order chi connectivity index (χ1) is 19.3. The van der Waals surface area contributed by atoms with E-state index in [4.69, 9.17) is 18.9 Å². The van der Waals surface area contributed by atoms with Crippen molar-refractivity contribution in [1.29, 1.82) is 0 Å². The molecule has 0 aliphatic heterocycles. The lowest BCUT2D eigenvalue weighted by molar-refractivity contribution is -0.155. The maximum Gasteiger partial charge on any atom is 0.306 e. The molecule has 9 nitrogen and oxygen atoms in total. The van der Waals surface area contributed by atoms with E-state index in [1.165, 1.54) is 0 Å². The van der Waals surface area contributed by atoms with Crippen LogP contribution in [0, 0.1) is 0 Å². The minimum atomic E-state index is -1.04. The van der Waals surface area contributed by atoms with Crippen LogP contribution in [0.4, 0.5) is 0 Å². The fraction of sp³-hybridized carbons (Fsp3) is 0.697. The number of carbonyl (C=O) groups is 4. The Balaban J connectivity index is 3.03. The summed E-state index contributed by atoms with van der Waals surface area (Å²) >= 11 is 0. The molecule has 0 aliphatic rings.